The van der Waals surface area contributed by atoms with Crippen LogP contribution in [0.25, 0.3) is 0 Å². The maximum atomic E-state index is 12.5. The molecule has 1 heterocycles. The second-order valence-electron chi connectivity index (χ2n) is 6.22. The van der Waals surface area contributed by atoms with Crippen molar-refractivity contribution in [2.24, 2.45) is 0 Å². The van der Waals surface area contributed by atoms with Crippen molar-refractivity contribution >= 4 is 27.5 Å². The van der Waals surface area contributed by atoms with Crippen molar-refractivity contribution in [3.8, 4) is 11.5 Å². The van der Waals surface area contributed by atoms with E-state index >= 15 is 0 Å². The van der Waals surface area contributed by atoms with Crippen molar-refractivity contribution in [2.75, 3.05) is 24.2 Å². The van der Waals surface area contributed by atoms with Gasteiger partial charge in [-0.05, 0) is 49.4 Å². The van der Waals surface area contributed by atoms with Gasteiger partial charge < -0.3 is 14.2 Å². The molecule has 2 aromatic carbocycles. The Hall–Kier alpha value is -3.07. The highest BCUT2D eigenvalue weighted by molar-refractivity contribution is 7.92. The minimum Gasteiger partial charge on any atom is -0.486 e. The van der Waals surface area contributed by atoms with E-state index in [1.807, 2.05) is 0 Å². The molecule has 28 heavy (non-hydrogen) atoms. The van der Waals surface area contributed by atoms with Crippen LogP contribution < -0.4 is 14.2 Å². The predicted octanol–water partition coefficient (Wildman–Crippen LogP) is 2.26. The molecule has 0 amide bonds. The average molecular weight is 405 g/mol. The number of hydrogen-bond donors (Lipinski definition) is 1. The first-order valence-electron chi connectivity index (χ1n) is 8.45. The summed E-state index contributed by atoms with van der Waals surface area (Å²) in [6.07, 6.45) is 0.0141. The van der Waals surface area contributed by atoms with Crippen LogP contribution in [-0.2, 0) is 14.8 Å². The van der Waals surface area contributed by atoms with Gasteiger partial charge in [0.25, 0.3) is 0 Å². The minimum atomic E-state index is -3.40. The molecule has 0 radical (unpaired) electrons. The summed E-state index contributed by atoms with van der Waals surface area (Å²) >= 11 is 0. The van der Waals surface area contributed by atoms with E-state index in [2.05, 4.69) is 4.72 Å². The Morgan fingerprint density at radius 3 is 2.25 bits per heavy atom. The maximum Gasteiger partial charge on any atom is 0.338 e. The van der Waals surface area contributed by atoms with Crippen LogP contribution in [0.5, 0.6) is 11.5 Å². The summed E-state index contributed by atoms with van der Waals surface area (Å²) in [5.74, 6) is -0.0617. The van der Waals surface area contributed by atoms with Gasteiger partial charge in [-0.25, -0.2) is 13.2 Å². The summed E-state index contributed by atoms with van der Waals surface area (Å²) in [5.41, 5.74) is 0.873. The number of carbonyl (C=O) groups excluding carboxylic acids is 2. The Labute approximate surface area is 162 Å². The number of hydrogen-bond acceptors (Lipinski definition) is 7. The van der Waals surface area contributed by atoms with Crippen LogP contribution >= 0.6 is 0 Å². The Balaban J connectivity index is 1.66. The lowest BCUT2D eigenvalue weighted by Crippen LogP contribution is -2.24. The first kappa shape index (κ1) is 19.7. The van der Waals surface area contributed by atoms with Crippen molar-refractivity contribution in [2.45, 2.75) is 13.0 Å². The van der Waals surface area contributed by atoms with E-state index in [4.69, 9.17) is 14.2 Å². The number of ketones is 1. The van der Waals surface area contributed by atoms with Crippen molar-refractivity contribution in [3.63, 3.8) is 0 Å². The van der Waals surface area contributed by atoms with Crippen LogP contribution in [0, 0.1) is 0 Å². The summed E-state index contributed by atoms with van der Waals surface area (Å²) in [5, 5.41) is 0. The topological polar surface area (TPSA) is 108 Å². The monoisotopic (exact) mass is 405 g/mol. The van der Waals surface area contributed by atoms with E-state index < -0.39 is 27.9 Å². The Bertz CT molecular complexity index is 999. The number of fused-ring (bicyclic) bond motifs is 1. The van der Waals surface area contributed by atoms with Crippen molar-refractivity contribution in [1.82, 2.24) is 0 Å². The third kappa shape index (κ3) is 4.80. The van der Waals surface area contributed by atoms with Gasteiger partial charge in [0.1, 0.15) is 13.2 Å². The van der Waals surface area contributed by atoms with Gasteiger partial charge in [0.15, 0.2) is 17.6 Å². The maximum absolute atomic E-state index is 12.5. The molecular weight excluding hydrogens is 386 g/mol. The number of anilines is 1. The first-order valence-corrected chi connectivity index (χ1v) is 10.3. The Kier molecular flexibility index (Phi) is 5.55. The van der Waals surface area contributed by atoms with Gasteiger partial charge in [-0.3, -0.25) is 9.52 Å². The fourth-order valence-corrected chi connectivity index (χ4v) is 3.17. The quantitative estimate of drug-likeness (QED) is 0.580. The molecule has 1 aliphatic rings. The number of ether oxygens (including phenoxy) is 3. The summed E-state index contributed by atoms with van der Waals surface area (Å²) in [6.45, 7) is 2.31. The zero-order valence-corrected chi connectivity index (χ0v) is 16.1. The fourth-order valence-electron chi connectivity index (χ4n) is 2.60. The van der Waals surface area contributed by atoms with Crippen LogP contribution in [0.4, 0.5) is 5.69 Å². The molecule has 0 bridgehead atoms. The second-order valence-corrected chi connectivity index (χ2v) is 7.97. The molecule has 1 aliphatic heterocycles. The molecule has 9 heteroatoms. The lowest BCUT2D eigenvalue weighted by Gasteiger charge is -2.19. The van der Waals surface area contributed by atoms with E-state index in [0.29, 0.717) is 36.0 Å². The van der Waals surface area contributed by atoms with Gasteiger partial charge in [-0.2, -0.15) is 0 Å². The molecule has 2 aromatic rings. The molecule has 148 valence electrons. The molecule has 1 atom stereocenters. The van der Waals surface area contributed by atoms with Crippen LogP contribution in [0.2, 0.25) is 0 Å². The number of benzene rings is 2. The van der Waals surface area contributed by atoms with Gasteiger partial charge in [0, 0.05) is 11.3 Å². The molecule has 0 unspecified atom stereocenters. The lowest BCUT2D eigenvalue weighted by molar-refractivity contribution is 0.0318. The number of rotatable bonds is 6. The molecule has 3 rings (SSSR count). The van der Waals surface area contributed by atoms with Crippen molar-refractivity contribution in [1.29, 1.82) is 0 Å². The summed E-state index contributed by atoms with van der Waals surface area (Å²) in [4.78, 5) is 24.8. The smallest absolute Gasteiger partial charge is 0.338 e. The van der Waals surface area contributed by atoms with Crippen LogP contribution in [-0.4, -0.2) is 45.7 Å². The molecule has 0 saturated heterocycles. The van der Waals surface area contributed by atoms with E-state index in [-0.39, 0.29) is 5.56 Å². The average Bonchev–Trinajstić information content (AvgIpc) is 2.66. The summed E-state index contributed by atoms with van der Waals surface area (Å²) in [6, 6.07) is 10.5. The Morgan fingerprint density at radius 2 is 1.61 bits per heavy atom. The van der Waals surface area contributed by atoms with E-state index in [1.54, 1.807) is 12.1 Å². The molecule has 0 aromatic heterocycles. The van der Waals surface area contributed by atoms with E-state index in [1.165, 1.54) is 37.3 Å². The number of carbonyl (C=O) groups is 2. The molecule has 0 spiro atoms. The van der Waals surface area contributed by atoms with Crippen LogP contribution in [0.3, 0.4) is 0 Å². The van der Waals surface area contributed by atoms with Gasteiger partial charge in [0.2, 0.25) is 15.8 Å². The second kappa shape index (κ2) is 7.89. The predicted molar refractivity (Wildman–Crippen MR) is 102 cm³/mol. The highest BCUT2D eigenvalue weighted by Crippen LogP contribution is 2.31. The zero-order valence-electron chi connectivity index (χ0n) is 15.3. The van der Waals surface area contributed by atoms with Crippen molar-refractivity contribution in [3.05, 3.63) is 53.6 Å². The van der Waals surface area contributed by atoms with Crippen molar-refractivity contribution < 1.29 is 32.2 Å². The highest BCUT2D eigenvalue weighted by Gasteiger charge is 2.22. The number of Topliss-reactive ketones (excluding diaryl/α,β-unsaturated/α-hetero) is 1. The minimum absolute atomic E-state index is 0.247. The largest absolute Gasteiger partial charge is 0.486 e. The van der Waals surface area contributed by atoms with Gasteiger partial charge >= 0.3 is 5.97 Å². The highest BCUT2D eigenvalue weighted by atomic mass is 32.2. The molecule has 8 nitrogen and oxygen atoms in total. The SMILES string of the molecule is C[C@H](OC(=O)c1ccc2c(c1)OCCO2)C(=O)c1ccc(NS(C)(=O)=O)cc1. The Morgan fingerprint density at radius 1 is 1.00 bits per heavy atom. The lowest BCUT2D eigenvalue weighted by atomic mass is 10.1. The van der Waals surface area contributed by atoms with E-state index in [9.17, 15) is 18.0 Å². The number of sulfonamides is 1. The van der Waals surface area contributed by atoms with Gasteiger partial charge in [-0.15, -0.1) is 0 Å². The van der Waals surface area contributed by atoms with Crippen LogP contribution in [0.15, 0.2) is 42.5 Å². The third-order valence-electron chi connectivity index (χ3n) is 3.90. The molecule has 0 aliphatic carbocycles. The molecular formula is C19H19NO7S. The third-order valence-corrected chi connectivity index (χ3v) is 4.51. The molecule has 0 fully saturated rings. The van der Waals surface area contributed by atoms with Crippen LogP contribution in [0.1, 0.15) is 27.6 Å². The number of nitrogens with one attached hydrogen (secondary N) is 1. The fraction of sp³-hybridized carbons (Fsp3) is 0.263. The van der Waals surface area contributed by atoms with E-state index in [0.717, 1.165) is 6.26 Å². The normalized spacial score (nSPS) is 14.1. The van der Waals surface area contributed by atoms with Gasteiger partial charge in [0.05, 0.1) is 11.8 Å². The molecule has 1 N–H and O–H groups in total. The summed E-state index contributed by atoms with van der Waals surface area (Å²) < 4.78 is 40.8. The van der Waals surface area contributed by atoms with Gasteiger partial charge in [-0.1, -0.05) is 0 Å². The zero-order chi connectivity index (χ0) is 20.3. The summed E-state index contributed by atoms with van der Waals surface area (Å²) in [7, 11) is -3.40. The molecule has 0 saturated carbocycles. The standard InChI is InChI=1S/C19H19NO7S/c1-12(18(21)13-3-6-15(7-4-13)20-28(2,23)24)27-19(22)14-5-8-16-17(11-14)26-10-9-25-16/h3-8,11-12,20H,9-10H2,1-2H3/t12-/m0/s1. The first-order chi connectivity index (χ1) is 13.2. The number of esters is 1.